The molecule has 4 rings (SSSR count). The molecule has 0 atom stereocenters. The molecule has 0 unspecified atom stereocenters. The molecule has 7 heteroatoms. The third kappa shape index (κ3) is 3.60. The van der Waals surface area contributed by atoms with Crippen LogP contribution in [0.5, 0.6) is 11.5 Å². The zero-order valence-corrected chi connectivity index (χ0v) is 16.9. The molecule has 0 bridgehead atoms. The Bertz CT molecular complexity index is 1010. The van der Waals surface area contributed by atoms with Gasteiger partial charge in [-0.05, 0) is 55.5 Å². The number of aryl methyl sites for hydroxylation is 2. The van der Waals surface area contributed by atoms with Crippen LogP contribution in [-0.4, -0.2) is 36.5 Å². The topological polar surface area (TPSA) is 75.7 Å². The molecule has 0 fully saturated rings. The number of nitrogens with zero attached hydrogens (tertiary/aromatic N) is 2. The van der Waals surface area contributed by atoms with Crippen LogP contribution in [0.3, 0.4) is 0 Å². The van der Waals surface area contributed by atoms with Gasteiger partial charge in [-0.25, -0.2) is 4.79 Å². The molecule has 0 saturated heterocycles. The minimum absolute atomic E-state index is 0.315. The monoisotopic (exact) mass is 396 g/mol. The Kier molecular flexibility index (Phi) is 5.29. The first-order valence-corrected chi connectivity index (χ1v) is 9.70. The molecule has 2 heterocycles. The predicted octanol–water partition coefficient (Wildman–Crippen LogP) is 3.87. The SMILES string of the molecule is CCOC(=O)c1cc2c(n1Cc1cc(OC)cc(OC)c1)-c1oncc1CCC2. The van der Waals surface area contributed by atoms with Gasteiger partial charge >= 0.3 is 5.97 Å². The highest BCUT2D eigenvalue weighted by molar-refractivity contribution is 5.90. The van der Waals surface area contributed by atoms with E-state index in [1.54, 1.807) is 27.3 Å². The highest BCUT2D eigenvalue weighted by Gasteiger charge is 2.28. The first-order chi connectivity index (χ1) is 14.1. The molecular weight excluding hydrogens is 372 g/mol. The van der Waals surface area contributed by atoms with E-state index in [-0.39, 0.29) is 5.97 Å². The summed E-state index contributed by atoms with van der Waals surface area (Å²) in [7, 11) is 3.23. The Morgan fingerprint density at radius 1 is 1.10 bits per heavy atom. The van der Waals surface area contributed by atoms with Gasteiger partial charge in [0.1, 0.15) is 17.2 Å². The number of hydrogen-bond donors (Lipinski definition) is 0. The second kappa shape index (κ2) is 8.03. The fraction of sp³-hybridized carbons (Fsp3) is 0.364. The molecule has 0 N–H and O–H groups in total. The van der Waals surface area contributed by atoms with Crippen molar-refractivity contribution in [2.24, 2.45) is 0 Å². The summed E-state index contributed by atoms with van der Waals surface area (Å²) in [5.74, 6) is 1.76. The second-order valence-electron chi connectivity index (χ2n) is 6.96. The standard InChI is InChI=1S/C22H24N2O5/c1-4-28-22(25)19-10-15-6-5-7-16-12-23-29-21(16)20(15)24(19)13-14-8-17(26-2)11-18(9-14)27-3/h8-12H,4-7,13H2,1-3H3. The van der Waals surface area contributed by atoms with Gasteiger partial charge in [-0.2, -0.15) is 0 Å². The first kappa shape index (κ1) is 19.1. The maximum absolute atomic E-state index is 12.7. The average Bonchev–Trinajstić information content (AvgIpc) is 3.28. The average molecular weight is 396 g/mol. The van der Waals surface area contributed by atoms with Crippen LogP contribution in [0.15, 0.2) is 35.0 Å². The molecule has 29 heavy (non-hydrogen) atoms. The quantitative estimate of drug-likeness (QED) is 0.589. The Balaban J connectivity index is 1.86. The molecule has 0 spiro atoms. The maximum Gasteiger partial charge on any atom is 0.354 e. The third-order valence-corrected chi connectivity index (χ3v) is 5.16. The molecule has 0 amide bonds. The number of aromatic nitrogens is 2. The van der Waals surface area contributed by atoms with Crippen molar-refractivity contribution < 1.29 is 23.5 Å². The zero-order valence-electron chi connectivity index (χ0n) is 16.9. The lowest BCUT2D eigenvalue weighted by atomic mass is 10.1. The van der Waals surface area contributed by atoms with Gasteiger partial charge in [0, 0.05) is 18.2 Å². The Morgan fingerprint density at radius 3 is 2.52 bits per heavy atom. The number of carbonyl (C=O) groups excluding carboxylic acids is 1. The van der Waals surface area contributed by atoms with Gasteiger partial charge in [-0.3, -0.25) is 0 Å². The second-order valence-corrected chi connectivity index (χ2v) is 6.96. The number of methoxy groups -OCH3 is 2. The highest BCUT2D eigenvalue weighted by Crippen LogP contribution is 2.36. The molecule has 0 radical (unpaired) electrons. The van der Waals surface area contributed by atoms with Crippen molar-refractivity contribution in [2.75, 3.05) is 20.8 Å². The van der Waals surface area contributed by atoms with Gasteiger partial charge in [0.25, 0.3) is 0 Å². The van der Waals surface area contributed by atoms with Crippen LogP contribution in [0.2, 0.25) is 0 Å². The van der Waals surface area contributed by atoms with Crippen molar-refractivity contribution in [3.05, 3.63) is 52.8 Å². The van der Waals surface area contributed by atoms with E-state index in [2.05, 4.69) is 5.16 Å². The lowest BCUT2D eigenvalue weighted by molar-refractivity contribution is 0.0514. The highest BCUT2D eigenvalue weighted by atomic mass is 16.5. The molecule has 0 saturated carbocycles. The number of hydrogen-bond acceptors (Lipinski definition) is 6. The van der Waals surface area contributed by atoms with E-state index in [0.717, 1.165) is 47.4 Å². The molecule has 2 aromatic heterocycles. The maximum atomic E-state index is 12.7. The van der Waals surface area contributed by atoms with Crippen molar-refractivity contribution in [1.29, 1.82) is 0 Å². The molecule has 1 aromatic carbocycles. The molecule has 1 aliphatic carbocycles. The number of fused-ring (bicyclic) bond motifs is 3. The molecule has 7 nitrogen and oxygen atoms in total. The Hall–Kier alpha value is -3.22. The fourth-order valence-electron chi connectivity index (χ4n) is 3.85. The van der Waals surface area contributed by atoms with E-state index in [4.69, 9.17) is 18.7 Å². The summed E-state index contributed by atoms with van der Waals surface area (Å²) in [5, 5.41) is 3.99. The van der Waals surface area contributed by atoms with E-state index in [0.29, 0.717) is 30.3 Å². The molecular formula is C22H24N2O5. The molecule has 152 valence electrons. The van der Waals surface area contributed by atoms with Gasteiger partial charge in [0.2, 0.25) is 0 Å². The summed E-state index contributed by atoms with van der Waals surface area (Å²) < 4.78 is 23.7. The number of esters is 1. The van der Waals surface area contributed by atoms with Crippen LogP contribution in [0.25, 0.3) is 11.5 Å². The normalized spacial score (nSPS) is 12.7. The Labute approximate surface area is 169 Å². The summed E-state index contributed by atoms with van der Waals surface area (Å²) in [4.78, 5) is 12.7. The Morgan fingerprint density at radius 2 is 1.83 bits per heavy atom. The van der Waals surface area contributed by atoms with E-state index in [1.807, 2.05) is 28.8 Å². The number of carbonyl (C=O) groups is 1. The van der Waals surface area contributed by atoms with E-state index < -0.39 is 0 Å². The van der Waals surface area contributed by atoms with Gasteiger partial charge < -0.3 is 23.3 Å². The van der Waals surface area contributed by atoms with Crippen LogP contribution < -0.4 is 9.47 Å². The first-order valence-electron chi connectivity index (χ1n) is 9.70. The smallest absolute Gasteiger partial charge is 0.354 e. The van der Waals surface area contributed by atoms with Crippen LogP contribution in [0.4, 0.5) is 0 Å². The van der Waals surface area contributed by atoms with Crippen molar-refractivity contribution in [3.8, 4) is 23.0 Å². The third-order valence-electron chi connectivity index (χ3n) is 5.16. The summed E-state index contributed by atoms with van der Waals surface area (Å²) >= 11 is 0. The van der Waals surface area contributed by atoms with Crippen LogP contribution in [0.1, 0.15) is 40.5 Å². The lowest BCUT2D eigenvalue weighted by Crippen LogP contribution is -2.14. The van der Waals surface area contributed by atoms with Gasteiger partial charge in [-0.1, -0.05) is 5.16 Å². The number of benzene rings is 1. The van der Waals surface area contributed by atoms with Crippen molar-refractivity contribution in [2.45, 2.75) is 32.7 Å². The summed E-state index contributed by atoms with van der Waals surface area (Å²) in [6.45, 7) is 2.56. The van der Waals surface area contributed by atoms with Gasteiger partial charge in [0.05, 0.1) is 32.7 Å². The van der Waals surface area contributed by atoms with Gasteiger partial charge in [0.15, 0.2) is 5.76 Å². The largest absolute Gasteiger partial charge is 0.497 e. The fourth-order valence-corrected chi connectivity index (χ4v) is 3.85. The predicted molar refractivity (Wildman–Crippen MR) is 107 cm³/mol. The molecule has 3 aromatic rings. The van der Waals surface area contributed by atoms with E-state index >= 15 is 0 Å². The summed E-state index contributed by atoms with van der Waals surface area (Å²) in [6, 6.07) is 7.60. The minimum Gasteiger partial charge on any atom is -0.497 e. The van der Waals surface area contributed by atoms with Crippen LogP contribution in [0, 0.1) is 0 Å². The van der Waals surface area contributed by atoms with Crippen molar-refractivity contribution >= 4 is 5.97 Å². The summed E-state index contributed by atoms with van der Waals surface area (Å²) in [6.07, 6.45) is 4.50. The van der Waals surface area contributed by atoms with Crippen LogP contribution in [-0.2, 0) is 24.1 Å². The molecule has 0 aliphatic heterocycles. The molecule has 1 aliphatic rings. The van der Waals surface area contributed by atoms with Crippen molar-refractivity contribution in [1.82, 2.24) is 9.72 Å². The van der Waals surface area contributed by atoms with Crippen molar-refractivity contribution in [3.63, 3.8) is 0 Å². The van der Waals surface area contributed by atoms with E-state index in [1.165, 1.54) is 0 Å². The van der Waals surface area contributed by atoms with E-state index in [9.17, 15) is 4.79 Å². The lowest BCUT2D eigenvalue weighted by Gasteiger charge is -2.14. The minimum atomic E-state index is -0.350. The number of rotatable bonds is 6. The number of ether oxygens (including phenoxy) is 3. The zero-order chi connectivity index (χ0) is 20.4. The van der Waals surface area contributed by atoms with Crippen LogP contribution >= 0.6 is 0 Å². The summed E-state index contributed by atoms with van der Waals surface area (Å²) in [5.41, 5.74) is 4.46. The van der Waals surface area contributed by atoms with Gasteiger partial charge in [-0.15, -0.1) is 0 Å².